The van der Waals surface area contributed by atoms with Gasteiger partial charge in [0.15, 0.2) is 0 Å². The van der Waals surface area contributed by atoms with Crippen LogP contribution in [0.1, 0.15) is 44.6 Å². The second kappa shape index (κ2) is 4.60. The molecular weight excluding hydrogens is 220 g/mol. The van der Waals surface area contributed by atoms with E-state index in [4.69, 9.17) is 5.10 Å². The van der Waals surface area contributed by atoms with E-state index in [9.17, 15) is 0 Å². The summed E-state index contributed by atoms with van der Waals surface area (Å²) < 4.78 is 2.03. The molecule has 2 rings (SSSR count). The molecule has 0 saturated carbocycles. The average molecular weight is 242 g/mol. The molecule has 1 aromatic carbocycles. The van der Waals surface area contributed by atoms with E-state index in [0.29, 0.717) is 0 Å². The maximum atomic E-state index is 4.72. The SMILES string of the molecule is CCc1ccc(-n2nc(C(C)(C)C)cc2C)cc1. The third-order valence-corrected chi connectivity index (χ3v) is 3.25. The van der Waals surface area contributed by atoms with Crippen LogP contribution >= 0.6 is 0 Å². The smallest absolute Gasteiger partial charge is 0.0685 e. The predicted octanol–water partition coefficient (Wildman–Crippen LogP) is 4.04. The first-order valence-corrected chi connectivity index (χ1v) is 6.58. The summed E-state index contributed by atoms with van der Waals surface area (Å²) in [5, 5.41) is 4.72. The standard InChI is InChI=1S/C16H22N2/c1-6-13-7-9-14(10-8-13)18-12(2)11-15(17-18)16(3,4)5/h7-11H,6H2,1-5H3. The van der Waals surface area contributed by atoms with Crippen LogP contribution in [0.15, 0.2) is 30.3 Å². The Morgan fingerprint density at radius 1 is 1.11 bits per heavy atom. The maximum Gasteiger partial charge on any atom is 0.0685 e. The van der Waals surface area contributed by atoms with Gasteiger partial charge in [-0.3, -0.25) is 0 Å². The van der Waals surface area contributed by atoms with Crippen molar-refractivity contribution < 1.29 is 0 Å². The van der Waals surface area contributed by atoms with E-state index >= 15 is 0 Å². The van der Waals surface area contributed by atoms with Gasteiger partial charge in [-0.25, -0.2) is 4.68 Å². The lowest BCUT2D eigenvalue weighted by molar-refractivity contribution is 0.560. The highest BCUT2D eigenvalue weighted by atomic mass is 15.3. The van der Waals surface area contributed by atoms with Crippen molar-refractivity contribution in [3.63, 3.8) is 0 Å². The molecular formula is C16H22N2. The molecule has 0 amide bonds. The minimum absolute atomic E-state index is 0.0966. The van der Waals surface area contributed by atoms with Crippen molar-refractivity contribution in [2.75, 3.05) is 0 Å². The fraction of sp³-hybridized carbons (Fsp3) is 0.438. The zero-order valence-electron chi connectivity index (χ0n) is 12.0. The fourth-order valence-electron chi connectivity index (χ4n) is 1.98. The number of aryl methyl sites for hydroxylation is 2. The zero-order chi connectivity index (χ0) is 13.3. The van der Waals surface area contributed by atoms with Crippen LogP contribution < -0.4 is 0 Å². The molecule has 0 spiro atoms. The van der Waals surface area contributed by atoms with Crippen LogP contribution in [-0.4, -0.2) is 9.78 Å². The van der Waals surface area contributed by atoms with Crippen molar-refractivity contribution in [3.8, 4) is 5.69 Å². The van der Waals surface area contributed by atoms with Crippen molar-refractivity contribution in [3.05, 3.63) is 47.3 Å². The molecule has 0 aliphatic heterocycles. The molecule has 0 fully saturated rings. The molecule has 0 atom stereocenters. The minimum atomic E-state index is 0.0966. The summed E-state index contributed by atoms with van der Waals surface area (Å²) in [6.45, 7) is 10.9. The van der Waals surface area contributed by atoms with E-state index in [1.165, 1.54) is 11.3 Å². The van der Waals surface area contributed by atoms with Crippen LogP contribution in [0.4, 0.5) is 0 Å². The van der Waals surface area contributed by atoms with Crippen molar-refractivity contribution in [1.29, 1.82) is 0 Å². The number of hydrogen-bond donors (Lipinski definition) is 0. The van der Waals surface area contributed by atoms with Gasteiger partial charge in [0.1, 0.15) is 0 Å². The summed E-state index contributed by atoms with van der Waals surface area (Å²) in [4.78, 5) is 0. The second-order valence-corrected chi connectivity index (χ2v) is 5.85. The Hall–Kier alpha value is -1.57. The highest BCUT2D eigenvalue weighted by molar-refractivity contribution is 5.36. The molecule has 2 heteroatoms. The summed E-state index contributed by atoms with van der Waals surface area (Å²) >= 11 is 0. The minimum Gasteiger partial charge on any atom is -0.238 e. The zero-order valence-corrected chi connectivity index (χ0v) is 12.0. The van der Waals surface area contributed by atoms with E-state index in [1.807, 2.05) is 4.68 Å². The van der Waals surface area contributed by atoms with Crippen molar-refractivity contribution in [1.82, 2.24) is 9.78 Å². The van der Waals surface area contributed by atoms with Crippen LogP contribution in [-0.2, 0) is 11.8 Å². The molecule has 1 aromatic heterocycles. The number of nitrogens with zero attached hydrogens (tertiary/aromatic N) is 2. The normalized spacial score (nSPS) is 11.8. The number of benzene rings is 1. The molecule has 2 aromatic rings. The van der Waals surface area contributed by atoms with E-state index in [2.05, 4.69) is 65.0 Å². The van der Waals surface area contributed by atoms with Gasteiger partial charge in [-0.15, -0.1) is 0 Å². The lowest BCUT2D eigenvalue weighted by atomic mass is 9.92. The molecule has 1 heterocycles. The van der Waals surface area contributed by atoms with Gasteiger partial charge in [-0.2, -0.15) is 5.10 Å². The van der Waals surface area contributed by atoms with E-state index < -0.39 is 0 Å². The van der Waals surface area contributed by atoms with E-state index in [0.717, 1.165) is 17.8 Å². The molecule has 0 saturated heterocycles. The van der Waals surface area contributed by atoms with Gasteiger partial charge in [0, 0.05) is 11.1 Å². The third-order valence-electron chi connectivity index (χ3n) is 3.25. The lowest BCUT2D eigenvalue weighted by Crippen LogP contribution is -2.12. The Morgan fingerprint density at radius 3 is 2.17 bits per heavy atom. The van der Waals surface area contributed by atoms with Gasteiger partial charge in [-0.1, -0.05) is 39.8 Å². The Balaban J connectivity index is 2.41. The average Bonchev–Trinajstić information content (AvgIpc) is 2.71. The van der Waals surface area contributed by atoms with Gasteiger partial charge in [0.25, 0.3) is 0 Å². The molecule has 0 unspecified atom stereocenters. The largest absolute Gasteiger partial charge is 0.238 e. The van der Waals surface area contributed by atoms with Gasteiger partial charge >= 0.3 is 0 Å². The van der Waals surface area contributed by atoms with Crippen LogP contribution in [0.5, 0.6) is 0 Å². The van der Waals surface area contributed by atoms with Crippen molar-refractivity contribution in [2.24, 2.45) is 0 Å². The van der Waals surface area contributed by atoms with Crippen LogP contribution in [0.3, 0.4) is 0 Å². The van der Waals surface area contributed by atoms with Gasteiger partial charge < -0.3 is 0 Å². The Morgan fingerprint density at radius 2 is 1.72 bits per heavy atom. The summed E-state index contributed by atoms with van der Waals surface area (Å²) in [6, 6.07) is 10.8. The molecule has 96 valence electrons. The quantitative estimate of drug-likeness (QED) is 0.777. The van der Waals surface area contributed by atoms with Crippen LogP contribution in [0.25, 0.3) is 5.69 Å². The lowest BCUT2D eigenvalue weighted by Gasteiger charge is -2.14. The molecule has 0 bridgehead atoms. The fourth-order valence-corrected chi connectivity index (χ4v) is 1.98. The molecule has 18 heavy (non-hydrogen) atoms. The van der Waals surface area contributed by atoms with Crippen molar-refractivity contribution >= 4 is 0 Å². The molecule has 0 N–H and O–H groups in total. The summed E-state index contributed by atoms with van der Waals surface area (Å²) in [5.41, 5.74) is 4.92. The van der Waals surface area contributed by atoms with Gasteiger partial charge in [0.05, 0.1) is 11.4 Å². The van der Waals surface area contributed by atoms with Crippen molar-refractivity contribution in [2.45, 2.75) is 46.5 Å². The first kappa shape index (κ1) is 12.9. The van der Waals surface area contributed by atoms with E-state index in [1.54, 1.807) is 0 Å². The number of hydrogen-bond acceptors (Lipinski definition) is 1. The number of rotatable bonds is 2. The first-order chi connectivity index (χ1) is 8.41. The molecule has 2 nitrogen and oxygen atoms in total. The van der Waals surface area contributed by atoms with E-state index in [-0.39, 0.29) is 5.41 Å². The molecule has 0 aliphatic rings. The first-order valence-electron chi connectivity index (χ1n) is 6.58. The highest BCUT2D eigenvalue weighted by Crippen LogP contribution is 2.23. The molecule has 0 aliphatic carbocycles. The highest BCUT2D eigenvalue weighted by Gasteiger charge is 2.18. The second-order valence-electron chi connectivity index (χ2n) is 5.85. The predicted molar refractivity (Wildman–Crippen MR) is 76.4 cm³/mol. The van der Waals surface area contributed by atoms with Crippen LogP contribution in [0.2, 0.25) is 0 Å². The van der Waals surface area contributed by atoms with Gasteiger partial charge in [-0.05, 0) is 37.1 Å². The Labute approximate surface area is 110 Å². The monoisotopic (exact) mass is 242 g/mol. The number of aromatic nitrogens is 2. The van der Waals surface area contributed by atoms with Crippen LogP contribution in [0, 0.1) is 6.92 Å². The molecule has 0 radical (unpaired) electrons. The Bertz CT molecular complexity index is 527. The Kier molecular flexibility index (Phi) is 3.29. The van der Waals surface area contributed by atoms with Gasteiger partial charge in [0.2, 0.25) is 0 Å². The topological polar surface area (TPSA) is 17.8 Å². The summed E-state index contributed by atoms with van der Waals surface area (Å²) in [6.07, 6.45) is 1.08. The maximum absolute atomic E-state index is 4.72. The summed E-state index contributed by atoms with van der Waals surface area (Å²) in [7, 11) is 0. The summed E-state index contributed by atoms with van der Waals surface area (Å²) in [5.74, 6) is 0. The third kappa shape index (κ3) is 2.47.